The van der Waals surface area contributed by atoms with E-state index in [1.54, 1.807) is 0 Å². The smallest absolute Gasteiger partial charge is 0.254 e. The molecule has 20 heavy (non-hydrogen) atoms. The van der Waals surface area contributed by atoms with Crippen LogP contribution in [-0.4, -0.2) is 41.4 Å². The topological polar surface area (TPSA) is 64.3 Å². The zero-order chi connectivity index (χ0) is 14.4. The third-order valence-corrected chi connectivity index (χ3v) is 4.51. The molecule has 5 heteroatoms. The fraction of sp³-hybridized carbons (Fsp3) is 0.467. The molecule has 1 saturated heterocycles. The number of aliphatic hydroxyl groups excluding tert-OH is 1. The van der Waals surface area contributed by atoms with Gasteiger partial charge in [0.1, 0.15) is 0 Å². The summed E-state index contributed by atoms with van der Waals surface area (Å²) in [5.74, 6) is 0.696. The second-order valence-electron chi connectivity index (χ2n) is 4.86. The fourth-order valence-corrected chi connectivity index (χ4v) is 3.07. The van der Waals surface area contributed by atoms with Crippen LogP contribution < -0.4 is 0 Å². The molecule has 0 atom stereocenters. The van der Waals surface area contributed by atoms with E-state index in [4.69, 9.17) is 10.4 Å². The maximum absolute atomic E-state index is 12.5. The van der Waals surface area contributed by atoms with Crippen molar-refractivity contribution in [2.45, 2.75) is 17.7 Å². The van der Waals surface area contributed by atoms with E-state index in [2.05, 4.69) is 6.07 Å². The second-order valence-corrected chi connectivity index (χ2v) is 5.88. The second kappa shape index (κ2) is 7.32. The van der Waals surface area contributed by atoms with Crippen LogP contribution in [0.4, 0.5) is 0 Å². The molecule has 0 saturated carbocycles. The Balaban J connectivity index is 2.08. The number of thioether (sulfide) groups is 1. The molecule has 1 aliphatic heterocycles. The highest BCUT2D eigenvalue weighted by Gasteiger charge is 2.24. The number of nitrogens with zero attached hydrogens (tertiary/aromatic N) is 2. The van der Waals surface area contributed by atoms with E-state index < -0.39 is 0 Å². The van der Waals surface area contributed by atoms with Crippen LogP contribution >= 0.6 is 11.8 Å². The molecule has 1 fully saturated rings. The minimum absolute atomic E-state index is 0.0300. The molecule has 0 aliphatic carbocycles. The van der Waals surface area contributed by atoms with Gasteiger partial charge in [0, 0.05) is 24.6 Å². The van der Waals surface area contributed by atoms with Gasteiger partial charge in [-0.05, 0) is 30.9 Å². The number of likely N-dealkylation sites (tertiary alicyclic amines) is 1. The molecule has 0 spiro atoms. The number of hydrogen-bond acceptors (Lipinski definition) is 4. The van der Waals surface area contributed by atoms with Gasteiger partial charge >= 0.3 is 0 Å². The van der Waals surface area contributed by atoms with Crippen molar-refractivity contribution in [3.8, 4) is 6.07 Å². The van der Waals surface area contributed by atoms with Crippen molar-refractivity contribution in [2.75, 3.05) is 25.4 Å². The average molecular weight is 290 g/mol. The predicted molar refractivity (Wildman–Crippen MR) is 78.5 cm³/mol. The number of rotatable bonds is 4. The van der Waals surface area contributed by atoms with E-state index >= 15 is 0 Å². The molecule has 1 amide bonds. The summed E-state index contributed by atoms with van der Waals surface area (Å²) in [5.41, 5.74) is 0.676. The van der Waals surface area contributed by atoms with E-state index in [1.165, 1.54) is 11.8 Å². The first-order valence-electron chi connectivity index (χ1n) is 6.75. The molecular formula is C15H18N2O2S. The summed E-state index contributed by atoms with van der Waals surface area (Å²) in [4.78, 5) is 15.3. The van der Waals surface area contributed by atoms with E-state index in [9.17, 15) is 4.79 Å². The van der Waals surface area contributed by atoms with Gasteiger partial charge in [0.15, 0.2) is 0 Å². The minimum atomic E-state index is 0.0300. The first-order valence-corrected chi connectivity index (χ1v) is 7.73. The fourth-order valence-electron chi connectivity index (χ4n) is 2.37. The quantitative estimate of drug-likeness (QED) is 0.863. The number of aliphatic hydroxyl groups is 1. The molecule has 1 heterocycles. The largest absolute Gasteiger partial charge is 0.396 e. The van der Waals surface area contributed by atoms with Crippen LogP contribution in [0.2, 0.25) is 0 Å². The number of carbonyl (C=O) groups is 1. The SMILES string of the molecule is N#CCSc1ccccc1C(=O)N1CCC(CO)CC1. The highest BCUT2D eigenvalue weighted by Crippen LogP contribution is 2.25. The Hall–Kier alpha value is -1.51. The summed E-state index contributed by atoms with van der Waals surface area (Å²) in [7, 11) is 0. The summed E-state index contributed by atoms with van der Waals surface area (Å²) in [6.45, 7) is 1.60. The molecule has 1 aromatic rings. The summed E-state index contributed by atoms with van der Waals surface area (Å²) in [6, 6.07) is 9.52. The predicted octanol–water partition coefficient (Wildman–Crippen LogP) is 2.15. The Morgan fingerprint density at radius 3 is 2.75 bits per heavy atom. The number of benzene rings is 1. The number of piperidine rings is 1. The van der Waals surface area contributed by atoms with Gasteiger partial charge in [-0.2, -0.15) is 5.26 Å². The van der Waals surface area contributed by atoms with Crippen molar-refractivity contribution < 1.29 is 9.90 Å². The van der Waals surface area contributed by atoms with Crippen LogP contribution in [0.3, 0.4) is 0 Å². The monoisotopic (exact) mass is 290 g/mol. The number of carbonyl (C=O) groups excluding carboxylic acids is 1. The number of amides is 1. The Morgan fingerprint density at radius 1 is 1.40 bits per heavy atom. The lowest BCUT2D eigenvalue weighted by molar-refractivity contribution is 0.0647. The first kappa shape index (κ1) is 14.9. The first-order chi connectivity index (χ1) is 9.76. The summed E-state index contributed by atoms with van der Waals surface area (Å²) in [5, 5.41) is 17.8. The lowest BCUT2D eigenvalue weighted by Gasteiger charge is -2.31. The van der Waals surface area contributed by atoms with Gasteiger partial charge in [0.2, 0.25) is 0 Å². The maximum Gasteiger partial charge on any atom is 0.254 e. The van der Waals surface area contributed by atoms with Gasteiger partial charge in [-0.15, -0.1) is 11.8 Å². The van der Waals surface area contributed by atoms with Crippen LogP contribution in [0.15, 0.2) is 29.2 Å². The summed E-state index contributed by atoms with van der Waals surface area (Å²) >= 11 is 1.40. The van der Waals surface area contributed by atoms with E-state index in [1.807, 2.05) is 29.2 Å². The Kier molecular flexibility index (Phi) is 5.45. The normalized spacial score (nSPS) is 15.9. The zero-order valence-corrected chi connectivity index (χ0v) is 12.1. The zero-order valence-electron chi connectivity index (χ0n) is 11.3. The van der Waals surface area contributed by atoms with Crippen LogP contribution in [0.25, 0.3) is 0 Å². The molecule has 106 valence electrons. The van der Waals surface area contributed by atoms with Crippen LogP contribution in [0.1, 0.15) is 23.2 Å². The molecule has 0 bridgehead atoms. The van der Waals surface area contributed by atoms with E-state index in [-0.39, 0.29) is 12.5 Å². The van der Waals surface area contributed by atoms with Crippen molar-refractivity contribution in [1.82, 2.24) is 4.90 Å². The number of hydrogen-bond donors (Lipinski definition) is 1. The molecule has 0 unspecified atom stereocenters. The maximum atomic E-state index is 12.5. The molecule has 2 rings (SSSR count). The van der Waals surface area contributed by atoms with Gasteiger partial charge in [0.05, 0.1) is 17.4 Å². The van der Waals surface area contributed by atoms with Crippen molar-refractivity contribution >= 4 is 17.7 Å². The molecule has 1 N–H and O–H groups in total. The third-order valence-electron chi connectivity index (χ3n) is 3.57. The molecule has 0 aromatic heterocycles. The van der Waals surface area contributed by atoms with Gasteiger partial charge in [0.25, 0.3) is 5.91 Å². The minimum Gasteiger partial charge on any atom is -0.396 e. The van der Waals surface area contributed by atoms with Crippen LogP contribution in [-0.2, 0) is 0 Å². The van der Waals surface area contributed by atoms with Crippen molar-refractivity contribution in [3.05, 3.63) is 29.8 Å². The van der Waals surface area contributed by atoms with Crippen molar-refractivity contribution in [3.63, 3.8) is 0 Å². The highest BCUT2D eigenvalue weighted by molar-refractivity contribution is 7.99. The lowest BCUT2D eigenvalue weighted by atomic mass is 9.97. The van der Waals surface area contributed by atoms with Gasteiger partial charge < -0.3 is 10.0 Å². The van der Waals surface area contributed by atoms with Crippen LogP contribution in [0, 0.1) is 17.2 Å². The van der Waals surface area contributed by atoms with Gasteiger partial charge in [-0.25, -0.2) is 0 Å². The molecule has 1 aliphatic rings. The molecule has 1 aromatic carbocycles. The summed E-state index contributed by atoms with van der Waals surface area (Å²) < 4.78 is 0. The molecular weight excluding hydrogens is 272 g/mol. The highest BCUT2D eigenvalue weighted by atomic mass is 32.2. The van der Waals surface area contributed by atoms with Crippen LogP contribution in [0.5, 0.6) is 0 Å². The van der Waals surface area contributed by atoms with E-state index in [0.29, 0.717) is 30.3 Å². The summed E-state index contributed by atoms with van der Waals surface area (Å²) in [6.07, 6.45) is 1.71. The Labute approximate surface area is 123 Å². The standard InChI is InChI=1S/C15H18N2O2S/c16-7-10-20-14-4-2-1-3-13(14)15(19)17-8-5-12(11-18)6-9-17/h1-4,12,18H,5-6,8-11H2. The van der Waals surface area contributed by atoms with E-state index in [0.717, 1.165) is 17.7 Å². The van der Waals surface area contributed by atoms with Gasteiger partial charge in [-0.1, -0.05) is 12.1 Å². The lowest BCUT2D eigenvalue weighted by Crippen LogP contribution is -2.39. The van der Waals surface area contributed by atoms with Crippen molar-refractivity contribution in [2.24, 2.45) is 5.92 Å². The third kappa shape index (κ3) is 3.53. The van der Waals surface area contributed by atoms with Crippen molar-refractivity contribution in [1.29, 1.82) is 5.26 Å². The molecule has 0 radical (unpaired) electrons. The Morgan fingerprint density at radius 2 is 2.10 bits per heavy atom. The Bertz CT molecular complexity index is 505. The average Bonchev–Trinajstić information content (AvgIpc) is 2.52. The van der Waals surface area contributed by atoms with Gasteiger partial charge in [-0.3, -0.25) is 4.79 Å². The number of nitriles is 1. The molecule has 4 nitrogen and oxygen atoms in total.